The van der Waals surface area contributed by atoms with Crippen molar-refractivity contribution in [3.63, 3.8) is 0 Å². The Hall–Kier alpha value is -6.14. The molecule has 2 nitrogen and oxygen atoms in total. The van der Waals surface area contributed by atoms with Gasteiger partial charge in [-0.2, -0.15) is 0 Å². The zero-order chi connectivity index (χ0) is 34.4. The molecule has 5 heterocycles. The van der Waals surface area contributed by atoms with Crippen LogP contribution in [0.3, 0.4) is 0 Å². The summed E-state index contributed by atoms with van der Waals surface area (Å²) in [5, 5.41) is 7.56. The van der Waals surface area contributed by atoms with E-state index in [-0.39, 0.29) is 6.71 Å². The van der Waals surface area contributed by atoms with Crippen LogP contribution < -0.4 is 21.3 Å². The van der Waals surface area contributed by atoms with Crippen LogP contribution in [0.4, 0.5) is 17.1 Å². The second-order valence-corrected chi connectivity index (χ2v) is 16.6. The zero-order valence-electron chi connectivity index (χ0n) is 28.3. The summed E-state index contributed by atoms with van der Waals surface area (Å²) < 4.78 is 11.6. The number of nitrogens with zero attached hydrogens (tertiary/aromatic N) is 1. The van der Waals surface area contributed by atoms with Crippen LogP contribution >= 0.6 is 22.7 Å². The van der Waals surface area contributed by atoms with E-state index in [1.54, 1.807) is 0 Å². The Balaban J connectivity index is 1.14. The van der Waals surface area contributed by atoms with Crippen molar-refractivity contribution in [2.75, 3.05) is 4.90 Å². The third-order valence-electron chi connectivity index (χ3n) is 11.7. The number of hydrogen-bond acceptors (Lipinski definition) is 4. The van der Waals surface area contributed by atoms with Crippen molar-refractivity contribution in [3.8, 4) is 22.3 Å². The fraction of sp³-hybridized carbons (Fsp3) is 0. The van der Waals surface area contributed by atoms with Gasteiger partial charge in [-0.25, -0.2) is 0 Å². The summed E-state index contributed by atoms with van der Waals surface area (Å²) in [6, 6.07) is 58.8. The van der Waals surface area contributed by atoms with Gasteiger partial charge in [-0.1, -0.05) is 90.4 Å². The predicted molar refractivity (Wildman–Crippen MR) is 230 cm³/mol. The number of hydrogen-bond donors (Lipinski definition) is 0. The lowest BCUT2D eigenvalue weighted by molar-refractivity contribution is 0.669. The van der Waals surface area contributed by atoms with Crippen LogP contribution in [0.2, 0.25) is 0 Å². The summed E-state index contributed by atoms with van der Waals surface area (Å²) in [5.74, 6) is 0. The number of thiophene rings is 2. The van der Waals surface area contributed by atoms with Gasteiger partial charge in [0.2, 0.25) is 6.71 Å². The molecule has 0 N–H and O–H groups in total. The van der Waals surface area contributed by atoms with Gasteiger partial charge in [0.15, 0.2) is 0 Å². The molecular formula is C48H26BNOS2. The zero-order valence-corrected chi connectivity index (χ0v) is 29.9. The molecule has 244 valence electrons. The molecule has 13 rings (SSSR count). The lowest BCUT2D eigenvalue weighted by Crippen LogP contribution is -2.54. The average Bonchev–Trinajstić information content (AvgIpc) is 3.96. The summed E-state index contributed by atoms with van der Waals surface area (Å²) in [4.78, 5) is 2.57. The molecule has 0 amide bonds. The predicted octanol–water partition coefficient (Wildman–Crippen LogP) is 12.3. The summed E-state index contributed by atoms with van der Waals surface area (Å²) >= 11 is 3.78. The molecule has 0 bridgehead atoms. The van der Waals surface area contributed by atoms with E-state index < -0.39 is 0 Å². The van der Waals surface area contributed by atoms with Crippen LogP contribution in [0.1, 0.15) is 0 Å². The van der Waals surface area contributed by atoms with Crippen LogP contribution in [0.15, 0.2) is 162 Å². The summed E-state index contributed by atoms with van der Waals surface area (Å²) in [7, 11) is 0. The lowest BCUT2D eigenvalue weighted by Gasteiger charge is -2.36. The minimum absolute atomic E-state index is 0.150. The van der Waals surface area contributed by atoms with Crippen molar-refractivity contribution in [1.29, 1.82) is 0 Å². The first-order valence-corrected chi connectivity index (χ1v) is 19.7. The monoisotopic (exact) mass is 707 g/mol. The summed E-state index contributed by atoms with van der Waals surface area (Å²) in [5.41, 5.74) is 14.7. The van der Waals surface area contributed by atoms with E-state index in [0.717, 1.165) is 21.9 Å². The lowest BCUT2D eigenvalue weighted by atomic mass is 9.37. The molecule has 5 heteroatoms. The van der Waals surface area contributed by atoms with Crippen molar-refractivity contribution < 1.29 is 4.42 Å². The standard InChI is InChI=1S/C48H26BNOS2/c1-5-13-38-30(9-1)37-22-28(27-17-19-43-34(21-27)31-10-2-6-14-42(31)51-43)23-41-48(37)49(38)39-26-47-36(33-12-4-8-16-45(33)53-47)25-40(39)50(41)29-18-20-46-35(24-29)32-11-3-7-15-44(32)52-46/h1-26H. The van der Waals surface area contributed by atoms with E-state index in [1.165, 1.54) is 96.0 Å². The average molecular weight is 708 g/mol. The fourth-order valence-corrected chi connectivity index (χ4v) is 11.6. The highest BCUT2D eigenvalue weighted by atomic mass is 32.1. The second-order valence-electron chi connectivity index (χ2n) is 14.4. The molecule has 0 fully saturated rings. The third-order valence-corrected chi connectivity index (χ3v) is 13.9. The largest absolute Gasteiger partial charge is 0.456 e. The molecular weight excluding hydrogens is 681 g/mol. The highest BCUT2D eigenvalue weighted by Gasteiger charge is 2.43. The Bertz CT molecular complexity index is 3390. The molecule has 11 aromatic rings. The van der Waals surface area contributed by atoms with Crippen molar-refractivity contribution >= 4 is 125 Å². The molecule has 3 aromatic heterocycles. The fourth-order valence-electron chi connectivity index (χ4n) is 9.36. The first-order chi connectivity index (χ1) is 26.2. The van der Waals surface area contributed by atoms with E-state index in [9.17, 15) is 0 Å². The SMILES string of the molecule is c1ccc2c(c1)B1c3cc4sc5ccccc5c4cc3N(c3ccc4sc5ccccc5c4c3)c3cc(-c4ccc5oc6ccccc6c5c4)cc-2c31. The van der Waals surface area contributed by atoms with E-state index in [4.69, 9.17) is 4.42 Å². The van der Waals surface area contributed by atoms with Gasteiger partial charge in [0.1, 0.15) is 11.2 Å². The second kappa shape index (κ2) is 10.3. The highest BCUT2D eigenvalue weighted by molar-refractivity contribution is 7.26. The Labute approximate surface area is 312 Å². The van der Waals surface area contributed by atoms with Gasteiger partial charge < -0.3 is 9.32 Å². The number of fused-ring (bicyclic) bond motifs is 14. The Kier molecular flexibility index (Phi) is 5.51. The topological polar surface area (TPSA) is 16.4 Å². The van der Waals surface area contributed by atoms with Gasteiger partial charge >= 0.3 is 0 Å². The molecule has 0 saturated carbocycles. The minimum Gasteiger partial charge on any atom is -0.456 e. The van der Waals surface area contributed by atoms with Crippen molar-refractivity contribution in [1.82, 2.24) is 0 Å². The molecule has 2 aliphatic heterocycles. The molecule has 8 aromatic carbocycles. The van der Waals surface area contributed by atoms with Crippen LogP contribution in [0, 0.1) is 0 Å². The minimum atomic E-state index is 0.150. The van der Waals surface area contributed by atoms with Gasteiger partial charge in [-0.15, -0.1) is 22.7 Å². The van der Waals surface area contributed by atoms with Gasteiger partial charge in [-0.3, -0.25) is 0 Å². The van der Waals surface area contributed by atoms with Crippen LogP contribution in [0.25, 0.3) is 84.5 Å². The maximum atomic E-state index is 6.26. The van der Waals surface area contributed by atoms with Crippen molar-refractivity contribution in [2.24, 2.45) is 0 Å². The molecule has 0 aliphatic carbocycles. The van der Waals surface area contributed by atoms with Gasteiger partial charge in [-0.05, 0) is 106 Å². The van der Waals surface area contributed by atoms with Crippen LogP contribution in [-0.2, 0) is 0 Å². The summed E-state index contributed by atoms with van der Waals surface area (Å²) in [6.07, 6.45) is 0. The number of benzene rings is 8. The molecule has 53 heavy (non-hydrogen) atoms. The maximum absolute atomic E-state index is 6.26. The quantitative estimate of drug-likeness (QED) is 0.166. The van der Waals surface area contributed by atoms with Crippen molar-refractivity contribution in [2.45, 2.75) is 0 Å². The van der Waals surface area contributed by atoms with Crippen molar-refractivity contribution in [3.05, 3.63) is 158 Å². The van der Waals surface area contributed by atoms with Gasteiger partial charge in [0.25, 0.3) is 0 Å². The third kappa shape index (κ3) is 3.83. The molecule has 2 aliphatic rings. The first kappa shape index (κ1) is 28.5. The number of furan rings is 1. The number of rotatable bonds is 2. The smallest absolute Gasteiger partial charge is 0.248 e. The maximum Gasteiger partial charge on any atom is 0.248 e. The van der Waals surface area contributed by atoms with Gasteiger partial charge in [0, 0.05) is 68.2 Å². The Morgan fingerprint density at radius 1 is 0.415 bits per heavy atom. The van der Waals surface area contributed by atoms with E-state index >= 15 is 0 Å². The van der Waals surface area contributed by atoms with Gasteiger partial charge in [0.05, 0.1) is 0 Å². The normalized spacial score (nSPS) is 13.2. The molecule has 0 unspecified atom stereocenters. The molecule has 0 spiro atoms. The van der Waals surface area contributed by atoms with E-state index in [0.29, 0.717) is 0 Å². The first-order valence-electron chi connectivity index (χ1n) is 18.1. The molecule has 0 radical (unpaired) electrons. The molecule has 0 saturated heterocycles. The Morgan fingerprint density at radius 2 is 1.11 bits per heavy atom. The van der Waals surface area contributed by atoms with E-state index in [2.05, 4.69) is 157 Å². The molecule has 0 atom stereocenters. The Morgan fingerprint density at radius 3 is 1.98 bits per heavy atom. The summed E-state index contributed by atoms with van der Waals surface area (Å²) in [6.45, 7) is 0.150. The highest BCUT2D eigenvalue weighted by Crippen LogP contribution is 2.47. The number of para-hydroxylation sites is 1. The van der Waals surface area contributed by atoms with Crippen LogP contribution in [0.5, 0.6) is 0 Å². The van der Waals surface area contributed by atoms with E-state index in [1.807, 2.05) is 28.7 Å². The van der Waals surface area contributed by atoms with Crippen LogP contribution in [-0.4, -0.2) is 6.71 Å². The number of anilines is 3.